The van der Waals surface area contributed by atoms with Crippen molar-refractivity contribution < 1.29 is 14.3 Å². The summed E-state index contributed by atoms with van der Waals surface area (Å²) >= 11 is 0. The maximum atomic E-state index is 11.7. The van der Waals surface area contributed by atoms with Crippen LogP contribution < -0.4 is 5.32 Å². The molecule has 0 aromatic heterocycles. The van der Waals surface area contributed by atoms with Crippen molar-refractivity contribution >= 4 is 6.09 Å². The van der Waals surface area contributed by atoms with E-state index < -0.39 is 5.60 Å². The largest absolute Gasteiger partial charge is 0.444 e. The molecule has 5 nitrogen and oxygen atoms in total. The van der Waals surface area contributed by atoms with E-state index in [2.05, 4.69) is 5.32 Å². The van der Waals surface area contributed by atoms with E-state index >= 15 is 0 Å². The second kappa shape index (κ2) is 3.89. The Bertz CT molecular complexity index is 271. The highest BCUT2D eigenvalue weighted by Crippen LogP contribution is 2.25. The van der Waals surface area contributed by atoms with Crippen molar-refractivity contribution in [2.75, 3.05) is 32.8 Å². The average Bonchev–Trinajstić information content (AvgIpc) is 2.12. The molecule has 0 aromatic rings. The highest BCUT2D eigenvalue weighted by molar-refractivity contribution is 5.69. The molecule has 16 heavy (non-hydrogen) atoms. The van der Waals surface area contributed by atoms with E-state index in [1.165, 1.54) is 0 Å². The molecule has 0 aliphatic carbocycles. The molecule has 92 valence electrons. The van der Waals surface area contributed by atoms with Gasteiger partial charge in [0.25, 0.3) is 0 Å². The van der Waals surface area contributed by atoms with Crippen molar-refractivity contribution in [3.8, 4) is 0 Å². The van der Waals surface area contributed by atoms with Gasteiger partial charge >= 0.3 is 6.09 Å². The Morgan fingerprint density at radius 3 is 2.62 bits per heavy atom. The van der Waals surface area contributed by atoms with Crippen LogP contribution in [0.3, 0.4) is 0 Å². The Morgan fingerprint density at radius 2 is 2.12 bits per heavy atom. The van der Waals surface area contributed by atoms with Crippen LogP contribution in [0.2, 0.25) is 0 Å². The average molecular weight is 228 g/mol. The molecule has 0 atom stereocenters. The van der Waals surface area contributed by atoms with Crippen molar-refractivity contribution in [2.24, 2.45) is 0 Å². The first-order valence-electron chi connectivity index (χ1n) is 5.71. The Morgan fingerprint density at radius 1 is 1.44 bits per heavy atom. The molecule has 2 rings (SSSR count). The molecule has 1 N–H and O–H groups in total. The van der Waals surface area contributed by atoms with Crippen molar-refractivity contribution in [3.63, 3.8) is 0 Å². The fourth-order valence-corrected chi connectivity index (χ4v) is 2.05. The maximum Gasteiger partial charge on any atom is 0.410 e. The zero-order valence-electron chi connectivity index (χ0n) is 10.2. The highest BCUT2D eigenvalue weighted by Gasteiger charge is 2.47. The third-order valence-electron chi connectivity index (χ3n) is 2.76. The first-order chi connectivity index (χ1) is 7.40. The van der Waals surface area contributed by atoms with E-state index in [1.807, 2.05) is 20.8 Å². The van der Waals surface area contributed by atoms with Gasteiger partial charge in [0, 0.05) is 19.6 Å². The minimum absolute atomic E-state index is 0.0187. The van der Waals surface area contributed by atoms with Gasteiger partial charge in [-0.25, -0.2) is 4.79 Å². The van der Waals surface area contributed by atoms with E-state index in [-0.39, 0.29) is 11.6 Å². The van der Waals surface area contributed by atoms with Crippen molar-refractivity contribution in [1.82, 2.24) is 10.2 Å². The number of nitrogens with one attached hydrogen (secondary N) is 1. The molecule has 0 radical (unpaired) electrons. The van der Waals surface area contributed by atoms with Gasteiger partial charge in [0.2, 0.25) is 0 Å². The van der Waals surface area contributed by atoms with Crippen molar-refractivity contribution in [3.05, 3.63) is 0 Å². The van der Waals surface area contributed by atoms with Gasteiger partial charge in [-0.1, -0.05) is 0 Å². The van der Waals surface area contributed by atoms with Crippen LogP contribution in [0, 0.1) is 0 Å². The summed E-state index contributed by atoms with van der Waals surface area (Å²) in [7, 11) is 0. The zero-order valence-corrected chi connectivity index (χ0v) is 10.2. The second-order valence-corrected chi connectivity index (χ2v) is 5.60. The van der Waals surface area contributed by atoms with Gasteiger partial charge in [-0.2, -0.15) is 0 Å². The lowest BCUT2D eigenvalue weighted by Crippen LogP contribution is -2.74. The summed E-state index contributed by atoms with van der Waals surface area (Å²) in [5, 5.41) is 3.41. The molecule has 2 heterocycles. The zero-order chi connectivity index (χ0) is 11.8. The van der Waals surface area contributed by atoms with Gasteiger partial charge in [0.1, 0.15) is 5.60 Å². The molecule has 1 spiro atoms. The molecule has 5 heteroatoms. The van der Waals surface area contributed by atoms with E-state index in [9.17, 15) is 4.79 Å². The molecule has 0 saturated carbocycles. The molecule has 2 saturated heterocycles. The Balaban J connectivity index is 1.81. The minimum atomic E-state index is -0.420. The molecule has 0 bridgehead atoms. The second-order valence-electron chi connectivity index (χ2n) is 5.60. The Kier molecular flexibility index (Phi) is 2.84. The molecular formula is C11H20N2O3. The standard InChI is InChI=1S/C11H20N2O3/c1-10(2,3)16-9(14)13-6-11(7-13)8-15-5-4-12-11/h12H,4-8H2,1-3H3. The lowest BCUT2D eigenvalue weighted by molar-refractivity contribution is -0.0652. The molecule has 1 amide bonds. The summed E-state index contributed by atoms with van der Waals surface area (Å²) in [5.74, 6) is 0. The SMILES string of the molecule is CC(C)(C)OC(=O)N1CC2(COCCN2)C1. The van der Waals surface area contributed by atoms with Gasteiger partial charge in [0.05, 0.1) is 18.8 Å². The van der Waals surface area contributed by atoms with Crippen molar-refractivity contribution in [1.29, 1.82) is 0 Å². The van der Waals surface area contributed by atoms with Gasteiger partial charge in [0.15, 0.2) is 0 Å². The first kappa shape index (κ1) is 11.7. The fraction of sp³-hybridized carbons (Fsp3) is 0.909. The van der Waals surface area contributed by atoms with Crippen molar-refractivity contribution in [2.45, 2.75) is 31.9 Å². The van der Waals surface area contributed by atoms with Crippen LogP contribution in [0.15, 0.2) is 0 Å². The third-order valence-corrected chi connectivity index (χ3v) is 2.76. The fourth-order valence-electron chi connectivity index (χ4n) is 2.05. The minimum Gasteiger partial charge on any atom is -0.444 e. The van der Waals surface area contributed by atoms with Gasteiger partial charge in [-0.05, 0) is 20.8 Å². The number of hydrogen-bond donors (Lipinski definition) is 1. The molecule has 0 aromatic carbocycles. The van der Waals surface area contributed by atoms with Crippen LogP contribution >= 0.6 is 0 Å². The summed E-state index contributed by atoms with van der Waals surface area (Å²) in [4.78, 5) is 13.4. The Labute approximate surface area is 96.1 Å². The monoisotopic (exact) mass is 228 g/mol. The number of nitrogens with zero attached hydrogens (tertiary/aromatic N) is 1. The van der Waals surface area contributed by atoms with Crippen LogP contribution in [0.25, 0.3) is 0 Å². The number of carbonyl (C=O) groups excluding carboxylic acids is 1. The maximum absolute atomic E-state index is 11.7. The summed E-state index contributed by atoms with van der Waals surface area (Å²) in [6.07, 6.45) is -0.231. The summed E-state index contributed by atoms with van der Waals surface area (Å²) < 4.78 is 10.7. The molecule has 2 aliphatic rings. The number of rotatable bonds is 0. The van der Waals surface area contributed by atoms with Crippen LogP contribution in [0.5, 0.6) is 0 Å². The number of likely N-dealkylation sites (tertiary alicyclic amines) is 1. The molecule has 2 aliphatic heterocycles. The number of carbonyl (C=O) groups is 1. The molecule has 2 fully saturated rings. The van der Waals surface area contributed by atoms with Crippen LogP contribution in [-0.4, -0.2) is 55.0 Å². The van der Waals surface area contributed by atoms with E-state index in [0.717, 1.165) is 13.2 Å². The van der Waals surface area contributed by atoms with Crippen LogP contribution in [0.4, 0.5) is 4.79 Å². The van der Waals surface area contributed by atoms with E-state index in [4.69, 9.17) is 9.47 Å². The van der Waals surface area contributed by atoms with E-state index in [1.54, 1.807) is 4.90 Å². The summed E-state index contributed by atoms with van der Waals surface area (Å²) in [6, 6.07) is 0. The normalized spacial score (nSPS) is 24.1. The number of hydrogen-bond acceptors (Lipinski definition) is 4. The summed E-state index contributed by atoms with van der Waals surface area (Å²) in [5.41, 5.74) is -0.439. The van der Waals surface area contributed by atoms with Gasteiger partial charge in [-0.3, -0.25) is 0 Å². The number of morpholine rings is 1. The first-order valence-corrected chi connectivity index (χ1v) is 5.71. The highest BCUT2D eigenvalue weighted by atomic mass is 16.6. The molecular weight excluding hydrogens is 208 g/mol. The Hall–Kier alpha value is -0.810. The van der Waals surface area contributed by atoms with E-state index in [0.29, 0.717) is 19.7 Å². The predicted octanol–water partition coefficient (Wildman–Crippen LogP) is 0.596. The lowest BCUT2D eigenvalue weighted by atomic mass is 9.90. The van der Waals surface area contributed by atoms with Crippen LogP contribution in [-0.2, 0) is 9.47 Å². The summed E-state index contributed by atoms with van der Waals surface area (Å²) in [6.45, 7) is 9.31. The van der Waals surface area contributed by atoms with Crippen LogP contribution in [0.1, 0.15) is 20.8 Å². The van der Waals surface area contributed by atoms with Gasteiger partial charge < -0.3 is 19.7 Å². The topological polar surface area (TPSA) is 50.8 Å². The molecule has 0 unspecified atom stereocenters. The lowest BCUT2D eigenvalue weighted by Gasteiger charge is -2.51. The quantitative estimate of drug-likeness (QED) is 0.659. The number of amides is 1. The third kappa shape index (κ3) is 2.47. The predicted molar refractivity (Wildman–Crippen MR) is 59.4 cm³/mol. The van der Waals surface area contributed by atoms with Gasteiger partial charge in [-0.15, -0.1) is 0 Å². The number of ether oxygens (including phenoxy) is 2. The smallest absolute Gasteiger partial charge is 0.410 e.